The molecule has 9 nitrogen and oxygen atoms in total. The van der Waals surface area contributed by atoms with Gasteiger partial charge in [-0.2, -0.15) is 10.1 Å². The van der Waals surface area contributed by atoms with Crippen LogP contribution >= 0.6 is 0 Å². The summed E-state index contributed by atoms with van der Waals surface area (Å²) in [4.78, 5) is 10.0. The van der Waals surface area contributed by atoms with E-state index in [0.29, 0.717) is 38.5 Å². The monoisotopic (exact) mass is 528 g/mol. The summed E-state index contributed by atoms with van der Waals surface area (Å²) in [5.74, 6) is 0.111. The van der Waals surface area contributed by atoms with Crippen molar-refractivity contribution in [3.8, 4) is 22.6 Å². The topological polar surface area (TPSA) is 115 Å². The van der Waals surface area contributed by atoms with Crippen molar-refractivity contribution in [2.24, 2.45) is 10.2 Å². The number of aromatic nitrogens is 2. The van der Waals surface area contributed by atoms with Crippen molar-refractivity contribution >= 4 is 23.1 Å². The Morgan fingerprint density at radius 3 is 2.56 bits per heavy atom. The number of halogens is 1. The van der Waals surface area contributed by atoms with Gasteiger partial charge in [-0.3, -0.25) is 0 Å². The number of anilines is 3. The van der Waals surface area contributed by atoms with Gasteiger partial charge in [-0.15, -0.1) is 5.11 Å². The molecule has 1 aromatic heterocycles. The number of phenolic OH excluding ortho intramolecular Hbond substituents is 2. The molecule has 0 bridgehead atoms. The van der Waals surface area contributed by atoms with Gasteiger partial charge in [0.1, 0.15) is 11.5 Å². The summed E-state index contributed by atoms with van der Waals surface area (Å²) >= 11 is 0. The first-order valence-electron chi connectivity index (χ1n) is 12.7. The molecule has 0 amide bonds. The number of nitrogens with one attached hydrogen (secondary N) is 1. The molecule has 1 aliphatic heterocycles. The van der Waals surface area contributed by atoms with Gasteiger partial charge in [0.05, 0.1) is 26.0 Å². The van der Waals surface area contributed by atoms with Crippen LogP contribution in [0.4, 0.5) is 27.5 Å². The summed E-state index contributed by atoms with van der Waals surface area (Å²) in [6.45, 7) is 4.55. The predicted octanol–water partition coefficient (Wildman–Crippen LogP) is 6.12. The Kier molecular flexibility index (Phi) is 7.93. The highest BCUT2D eigenvalue weighted by Gasteiger charge is 2.18. The first-order chi connectivity index (χ1) is 19.0. The Bertz CT molecular complexity index is 1490. The van der Waals surface area contributed by atoms with Crippen molar-refractivity contribution < 1.29 is 19.3 Å². The fourth-order valence-corrected chi connectivity index (χ4v) is 4.46. The van der Waals surface area contributed by atoms with E-state index in [1.165, 1.54) is 0 Å². The second kappa shape index (κ2) is 11.9. The van der Waals surface area contributed by atoms with E-state index in [9.17, 15) is 14.6 Å². The molecule has 4 aromatic rings. The number of hydrogen-bond donors (Lipinski definition) is 3. The highest BCUT2D eigenvalue weighted by atomic mass is 19.1. The van der Waals surface area contributed by atoms with Crippen molar-refractivity contribution in [1.29, 1.82) is 0 Å². The quantitative estimate of drug-likeness (QED) is 0.236. The van der Waals surface area contributed by atoms with E-state index < -0.39 is 5.82 Å². The largest absolute Gasteiger partial charge is 0.508 e. The molecule has 1 aliphatic rings. The van der Waals surface area contributed by atoms with Crippen molar-refractivity contribution in [3.63, 3.8) is 0 Å². The number of aromatic hydroxyl groups is 2. The van der Waals surface area contributed by atoms with Crippen LogP contribution in [0.25, 0.3) is 11.1 Å². The molecule has 3 N–H and O–H groups in total. The SMILES string of the molecule is CCc1cc(Nc2cc(O)cc(-c3cccc(O)c3)c2)ccc1CN=Nc1ncc(F)c(N2CCOCC2)n1. The fraction of sp³-hybridized carbons (Fsp3) is 0.241. The minimum absolute atomic E-state index is 0.112. The smallest absolute Gasteiger partial charge is 0.270 e. The Hall–Kier alpha value is -4.57. The number of morpholine rings is 1. The fourth-order valence-electron chi connectivity index (χ4n) is 4.46. The maximum Gasteiger partial charge on any atom is 0.270 e. The van der Waals surface area contributed by atoms with E-state index in [0.717, 1.165) is 40.6 Å². The Labute approximate surface area is 225 Å². The van der Waals surface area contributed by atoms with E-state index in [-0.39, 0.29) is 23.3 Å². The van der Waals surface area contributed by atoms with Gasteiger partial charge in [0, 0.05) is 30.5 Å². The number of ether oxygens (including phenoxy) is 1. The zero-order valence-corrected chi connectivity index (χ0v) is 21.5. The third-order valence-electron chi connectivity index (χ3n) is 6.40. The number of azo groups is 1. The van der Waals surface area contributed by atoms with Gasteiger partial charge in [0.15, 0.2) is 11.6 Å². The minimum atomic E-state index is -0.493. The average Bonchev–Trinajstić information content (AvgIpc) is 2.94. The zero-order chi connectivity index (χ0) is 27.2. The normalized spacial score (nSPS) is 13.6. The molecule has 10 heteroatoms. The highest BCUT2D eigenvalue weighted by Crippen LogP contribution is 2.32. The standard InChI is InChI=1S/C29H29FN6O3/c1-2-19-12-23(33-24-13-22(15-26(38)16-24)20-4-3-5-25(37)14-20)7-6-21(19)17-32-35-29-31-18-27(30)28(34-29)36-8-10-39-11-9-36/h3-7,12-16,18,33,37-38H,2,8-11,17H2,1H3. The number of nitrogens with zero attached hydrogens (tertiary/aromatic N) is 5. The van der Waals surface area contributed by atoms with Crippen LogP contribution in [0.3, 0.4) is 0 Å². The summed E-state index contributed by atoms with van der Waals surface area (Å²) in [7, 11) is 0. The second-order valence-corrected chi connectivity index (χ2v) is 9.12. The predicted molar refractivity (Wildman–Crippen MR) is 148 cm³/mol. The maximum absolute atomic E-state index is 14.3. The molecule has 3 aromatic carbocycles. The van der Waals surface area contributed by atoms with Crippen LogP contribution in [0.2, 0.25) is 0 Å². The van der Waals surface area contributed by atoms with Gasteiger partial charge in [-0.25, -0.2) is 9.37 Å². The van der Waals surface area contributed by atoms with Crippen LogP contribution < -0.4 is 10.2 Å². The summed E-state index contributed by atoms with van der Waals surface area (Å²) in [6.07, 6.45) is 1.90. The molecule has 2 heterocycles. The van der Waals surface area contributed by atoms with Crippen LogP contribution in [-0.2, 0) is 17.7 Å². The van der Waals surface area contributed by atoms with Crippen molar-refractivity contribution in [3.05, 3.63) is 83.8 Å². The number of hydrogen-bond acceptors (Lipinski definition) is 9. The summed E-state index contributed by atoms with van der Waals surface area (Å²) in [5, 5.41) is 31.9. The molecule has 0 unspecified atom stereocenters. The molecule has 0 aliphatic carbocycles. The van der Waals surface area contributed by atoms with Gasteiger partial charge in [0.25, 0.3) is 5.95 Å². The van der Waals surface area contributed by atoms with Crippen LogP contribution in [0.15, 0.2) is 77.1 Å². The lowest BCUT2D eigenvalue weighted by molar-refractivity contribution is 0.122. The van der Waals surface area contributed by atoms with Gasteiger partial charge in [0.2, 0.25) is 0 Å². The van der Waals surface area contributed by atoms with Crippen molar-refractivity contribution in [1.82, 2.24) is 9.97 Å². The maximum atomic E-state index is 14.3. The van der Waals surface area contributed by atoms with Crippen molar-refractivity contribution in [2.45, 2.75) is 19.9 Å². The number of benzene rings is 3. The molecule has 0 spiro atoms. The summed E-state index contributed by atoms with van der Waals surface area (Å²) < 4.78 is 19.6. The highest BCUT2D eigenvalue weighted by molar-refractivity contribution is 5.74. The first kappa shape index (κ1) is 26.1. The lowest BCUT2D eigenvalue weighted by Gasteiger charge is -2.27. The molecule has 0 saturated carbocycles. The Morgan fingerprint density at radius 2 is 1.77 bits per heavy atom. The van der Waals surface area contributed by atoms with Gasteiger partial charge < -0.3 is 25.2 Å². The number of rotatable bonds is 8. The van der Waals surface area contributed by atoms with Crippen LogP contribution in [0.1, 0.15) is 18.1 Å². The first-order valence-corrected chi connectivity index (χ1v) is 12.7. The van der Waals surface area contributed by atoms with Crippen LogP contribution in [0.5, 0.6) is 11.5 Å². The van der Waals surface area contributed by atoms with Crippen LogP contribution in [0, 0.1) is 5.82 Å². The Balaban J connectivity index is 1.29. The second-order valence-electron chi connectivity index (χ2n) is 9.12. The molecule has 0 radical (unpaired) electrons. The van der Waals surface area contributed by atoms with E-state index in [1.54, 1.807) is 30.3 Å². The number of phenols is 2. The molecular weight excluding hydrogens is 499 g/mol. The molecular formula is C29H29FN6O3. The van der Waals surface area contributed by atoms with Crippen LogP contribution in [-0.4, -0.2) is 46.5 Å². The lowest BCUT2D eigenvalue weighted by Crippen LogP contribution is -2.37. The lowest BCUT2D eigenvalue weighted by atomic mass is 10.0. The summed E-state index contributed by atoms with van der Waals surface area (Å²) in [5.41, 5.74) is 5.23. The molecule has 200 valence electrons. The van der Waals surface area contributed by atoms with E-state index in [2.05, 4.69) is 32.4 Å². The molecule has 1 fully saturated rings. The van der Waals surface area contributed by atoms with Gasteiger partial charge in [-0.05, 0) is 65.1 Å². The zero-order valence-electron chi connectivity index (χ0n) is 21.5. The minimum Gasteiger partial charge on any atom is -0.508 e. The van der Waals surface area contributed by atoms with Gasteiger partial charge in [-0.1, -0.05) is 25.1 Å². The third kappa shape index (κ3) is 6.47. The molecule has 39 heavy (non-hydrogen) atoms. The average molecular weight is 529 g/mol. The molecule has 5 rings (SSSR count). The molecule has 1 saturated heterocycles. The van der Waals surface area contributed by atoms with E-state index >= 15 is 0 Å². The van der Waals surface area contributed by atoms with E-state index in [4.69, 9.17) is 4.74 Å². The molecule has 0 atom stereocenters. The number of aryl methyl sites for hydroxylation is 1. The van der Waals surface area contributed by atoms with Crippen molar-refractivity contribution in [2.75, 3.05) is 36.5 Å². The Morgan fingerprint density at radius 1 is 0.949 bits per heavy atom. The third-order valence-corrected chi connectivity index (χ3v) is 6.40. The summed E-state index contributed by atoms with van der Waals surface area (Å²) in [6, 6.07) is 18.1. The van der Waals surface area contributed by atoms with Gasteiger partial charge >= 0.3 is 0 Å². The van der Waals surface area contributed by atoms with E-state index in [1.807, 2.05) is 35.2 Å².